The van der Waals surface area contributed by atoms with Gasteiger partial charge in [0.1, 0.15) is 23.1 Å². The normalized spacial score (nSPS) is 26.0. The topological polar surface area (TPSA) is 63.6 Å². The molecule has 0 amide bonds. The van der Waals surface area contributed by atoms with E-state index in [0.29, 0.717) is 48.3 Å². The minimum absolute atomic E-state index is 0.0212. The number of carbonyl (C=O) groups is 2. The van der Waals surface area contributed by atoms with Crippen molar-refractivity contribution in [2.75, 3.05) is 0 Å². The van der Waals surface area contributed by atoms with Gasteiger partial charge in [-0.2, -0.15) is 0 Å². The lowest BCUT2D eigenvalue weighted by Crippen LogP contribution is -2.36. The highest BCUT2D eigenvalue weighted by Gasteiger charge is 2.46. The van der Waals surface area contributed by atoms with Gasteiger partial charge in [-0.1, -0.05) is 33.8 Å². The summed E-state index contributed by atoms with van der Waals surface area (Å²) in [5.74, 6) is -0.573. The molecule has 0 bridgehead atoms. The monoisotopic (exact) mass is 384 g/mol. The number of ether oxygens (including phenoxy) is 1. The molecular formula is C23H25FO4. The van der Waals surface area contributed by atoms with Crippen LogP contribution in [0.1, 0.15) is 64.9 Å². The number of fused-ring (bicyclic) bond motifs is 1. The second kappa shape index (κ2) is 6.03. The standard InChI is InChI=1S/C23H25FO4/c1-22(2)8-14(25)20(15(26)9-22)19-13-6-5-12(24)7-17(13)28-18-11-23(3,4)10-16(27)21(18)19/h5-7,19,25H,8-11H2,1-4H3. The zero-order valence-electron chi connectivity index (χ0n) is 16.7. The fourth-order valence-electron chi connectivity index (χ4n) is 4.74. The van der Waals surface area contributed by atoms with Crippen LogP contribution >= 0.6 is 0 Å². The van der Waals surface area contributed by atoms with Gasteiger partial charge in [0.05, 0.1) is 5.92 Å². The Balaban J connectivity index is 1.95. The molecule has 0 radical (unpaired) electrons. The van der Waals surface area contributed by atoms with Crippen LogP contribution in [0.5, 0.6) is 5.75 Å². The Labute approximate surface area is 164 Å². The lowest BCUT2D eigenvalue weighted by molar-refractivity contribution is -0.119. The van der Waals surface area contributed by atoms with E-state index in [2.05, 4.69) is 0 Å². The summed E-state index contributed by atoms with van der Waals surface area (Å²) in [7, 11) is 0. The molecule has 28 heavy (non-hydrogen) atoms. The number of hydrogen-bond donors (Lipinski definition) is 1. The highest BCUT2D eigenvalue weighted by atomic mass is 19.1. The van der Waals surface area contributed by atoms with Crippen molar-refractivity contribution in [1.29, 1.82) is 0 Å². The smallest absolute Gasteiger partial charge is 0.163 e. The van der Waals surface area contributed by atoms with Crippen molar-refractivity contribution in [1.82, 2.24) is 0 Å². The number of Topliss-reactive ketones (excluding diaryl/α,β-unsaturated/α-hetero) is 2. The highest BCUT2D eigenvalue weighted by molar-refractivity contribution is 6.06. The third kappa shape index (κ3) is 3.07. The lowest BCUT2D eigenvalue weighted by Gasteiger charge is -2.40. The molecule has 1 aliphatic heterocycles. The Morgan fingerprint density at radius 1 is 0.964 bits per heavy atom. The van der Waals surface area contributed by atoms with E-state index in [1.165, 1.54) is 12.1 Å². The quantitative estimate of drug-likeness (QED) is 0.728. The van der Waals surface area contributed by atoms with Gasteiger partial charge in [-0.3, -0.25) is 9.59 Å². The Hall–Kier alpha value is -2.43. The van der Waals surface area contributed by atoms with Crippen molar-refractivity contribution < 1.29 is 23.8 Å². The number of aliphatic hydroxyl groups is 1. The Bertz CT molecular complexity index is 965. The molecule has 3 aliphatic rings. The molecule has 2 aliphatic carbocycles. The fraction of sp³-hybridized carbons (Fsp3) is 0.478. The van der Waals surface area contributed by atoms with Crippen LogP contribution in [0.15, 0.2) is 40.9 Å². The summed E-state index contributed by atoms with van der Waals surface area (Å²) in [4.78, 5) is 26.1. The molecule has 1 aromatic rings. The van der Waals surface area contributed by atoms with E-state index in [1.807, 2.05) is 27.7 Å². The van der Waals surface area contributed by atoms with E-state index in [1.54, 1.807) is 6.07 Å². The third-order valence-electron chi connectivity index (χ3n) is 5.87. The van der Waals surface area contributed by atoms with Gasteiger partial charge in [-0.05, 0) is 16.9 Å². The number of halogens is 1. The first-order chi connectivity index (χ1) is 13.0. The summed E-state index contributed by atoms with van der Waals surface area (Å²) < 4.78 is 19.8. The number of ketones is 2. The summed E-state index contributed by atoms with van der Waals surface area (Å²) in [6.45, 7) is 7.84. The van der Waals surface area contributed by atoms with Crippen LogP contribution in [0, 0.1) is 16.6 Å². The SMILES string of the molecule is CC1(C)CC(=O)C(C2C3=C(CC(C)(C)CC3=O)Oc3cc(F)ccc32)=C(O)C1. The van der Waals surface area contributed by atoms with Crippen LogP contribution in [0.2, 0.25) is 0 Å². The van der Waals surface area contributed by atoms with E-state index < -0.39 is 11.7 Å². The van der Waals surface area contributed by atoms with Gasteiger partial charge < -0.3 is 9.84 Å². The van der Waals surface area contributed by atoms with E-state index in [4.69, 9.17) is 4.74 Å². The van der Waals surface area contributed by atoms with E-state index >= 15 is 0 Å². The Morgan fingerprint density at radius 3 is 2.21 bits per heavy atom. The van der Waals surface area contributed by atoms with Gasteiger partial charge in [0.2, 0.25) is 0 Å². The van der Waals surface area contributed by atoms with E-state index in [-0.39, 0.29) is 33.7 Å². The maximum absolute atomic E-state index is 13.9. The maximum atomic E-state index is 13.9. The van der Waals surface area contributed by atoms with Crippen molar-refractivity contribution in [2.24, 2.45) is 10.8 Å². The Morgan fingerprint density at radius 2 is 1.57 bits per heavy atom. The second-order valence-electron chi connectivity index (χ2n) is 9.80. The summed E-state index contributed by atoms with van der Waals surface area (Å²) in [6.07, 6.45) is 1.52. The van der Waals surface area contributed by atoms with Crippen molar-refractivity contribution in [3.8, 4) is 5.75 Å². The van der Waals surface area contributed by atoms with Gasteiger partial charge in [-0.15, -0.1) is 0 Å². The second-order valence-corrected chi connectivity index (χ2v) is 9.80. The molecule has 5 heteroatoms. The van der Waals surface area contributed by atoms with Gasteiger partial charge in [0.15, 0.2) is 11.6 Å². The van der Waals surface area contributed by atoms with Crippen LogP contribution in [-0.2, 0) is 9.59 Å². The molecule has 0 saturated carbocycles. The number of benzene rings is 1. The maximum Gasteiger partial charge on any atom is 0.163 e. The van der Waals surface area contributed by atoms with E-state index in [0.717, 1.165) is 0 Å². The molecule has 0 saturated heterocycles. The zero-order valence-corrected chi connectivity index (χ0v) is 16.7. The number of carbonyl (C=O) groups excluding carboxylic acids is 2. The third-order valence-corrected chi connectivity index (χ3v) is 5.87. The summed E-state index contributed by atoms with van der Waals surface area (Å²) in [5.41, 5.74) is 0.643. The first-order valence-corrected chi connectivity index (χ1v) is 9.66. The van der Waals surface area contributed by atoms with Crippen molar-refractivity contribution in [2.45, 2.75) is 59.3 Å². The molecule has 4 rings (SSSR count). The van der Waals surface area contributed by atoms with Gasteiger partial charge in [0, 0.05) is 48.5 Å². The molecule has 0 aromatic heterocycles. The number of allylic oxidation sites excluding steroid dienone is 4. The predicted octanol–water partition coefficient (Wildman–Crippen LogP) is 5.15. The molecule has 0 spiro atoms. The number of aliphatic hydroxyl groups excluding tert-OH is 1. The van der Waals surface area contributed by atoms with Crippen molar-refractivity contribution in [3.63, 3.8) is 0 Å². The first kappa shape index (κ1) is 18.9. The molecule has 0 fully saturated rings. The average molecular weight is 384 g/mol. The summed E-state index contributed by atoms with van der Waals surface area (Å²) in [6, 6.07) is 4.14. The molecule has 1 N–H and O–H groups in total. The molecular weight excluding hydrogens is 359 g/mol. The minimum atomic E-state index is -0.702. The molecule has 148 valence electrons. The van der Waals surface area contributed by atoms with Crippen molar-refractivity contribution in [3.05, 3.63) is 52.2 Å². The summed E-state index contributed by atoms with van der Waals surface area (Å²) >= 11 is 0. The van der Waals surface area contributed by atoms with Crippen LogP contribution in [0.4, 0.5) is 4.39 Å². The molecule has 1 atom stereocenters. The van der Waals surface area contributed by atoms with Crippen LogP contribution in [0.25, 0.3) is 0 Å². The Kier molecular flexibility index (Phi) is 4.07. The van der Waals surface area contributed by atoms with Crippen molar-refractivity contribution >= 4 is 11.6 Å². The van der Waals surface area contributed by atoms with Crippen LogP contribution < -0.4 is 4.74 Å². The zero-order chi connectivity index (χ0) is 20.4. The predicted molar refractivity (Wildman–Crippen MR) is 102 cm³/mol. The van der Waals surface area contributed by atoms with Crippen LogP contribution in [-0.4, -0.2) is 16.7 Å². The fourth-order valence-corrected chi connectivity index (χ4v) is 4.74. The van der Waals surface area contributed by atoms with Crippen LogP contribution in [0.3, 0.4) is 0 Å². The molecule has 1 aromatic carbocycles. The molecule has 1 unspecified atom stereocenters. The lowest BCUT2D eigenvalue weighted by atomic mass is 9.66. The summed E-state index contributed by atoms with van der Waals surface area (Å²) in [5, 5.41) is 10.8. The minimum Gasteiger partial charge on any atom is -0.512 e. The molecule has 4 nitrogen and oxygen atoms in total. The van der Waals surface area contributed by atoms with Gasteiger partial charge in [-0.25, -0.2) is 4.39 Å². The average Bonchev–Trinajstić information content (AvgIpc) is 2.50. The number of hydrogen-bond acceptors (Lipinski definition) is 4. The molecule has 1 heterocycles. The van der Waals surface area contributed by atoms with Gasteiger partial charge >= 0.3 is 0 Å². The first-order valence-electron chi connectivity index (χ1n) is 9.66. The highest BCUT2D eigenvalue weighted by Crippen LogP contribution is 2.52. The largest absolute Gasteiger partial charge is 0.512 e. The van der Waals surface area contributed by atoms with Gasteiger partial charge in [0.25, 0.3) is 0 Å². The number of rotatable bonds is 1. The van der Waals surface area contributed by atoms with E-state index in [9.17, 15) is 19.1 Å².